The van der Waals surface area contributed by atoms with Crippen LogP contribution in [0, 0.1) is 22.8 Å². The standard InChI is InChI=1S/C15H9Br2N5O/c16-10-3-1-2-4-11(10)21-15(20)22(8-19)12-6-5-9(7-18)13(17)14(12)23/h1-6,23H,(H2,20,21). The van der Waals surface area contributed by atoms with Crippen LogP contribution in [0.15, 0.2) is 50.3 Å². The number of phenolic OH excluding ortho intramolecular Hbond substituents is 1. The number of phenols is 1. The van der Waals surface area contributed by atoms with E-state index in [4.69, 9.17) is 11.0 Å². The van der Waals surface area contributed by atoms with Crippen LogP contribution in [0.2, 0.25) is 0 Å². The first-order valence-corrected chi connectivity index (χ1v) is 7.78. The van der Waals surface area contributed by atoms with Gasteiger partial charge in [0.05, 0.1) is 15.7 Å². The largest absolute Gasteiger partial charge is 0.505 e. The summed E-state index contributed by atoms with van der Waals surface area (Å²) in [7, 11) is 0. The first-order valence-electron chi connectivity index (χ1n) is 6.19. The Morgan fingerprint density at radius 1 is 1.17 bits per heavy atom. The molecule has 0 aliphatic heterocycles. The molecule has 114 valence electrons. The Hall–Kier alpha value is -2.55. The molecule has 0 fully saturated rings. The van der Waals surface area contributed by atoms with Gasteiger partial charge in [0.15, 0.2) is 11.9 Å². The average Bonchev–Trinajstić information content (AvgIpc) is 2.54. The molecular formula is C15H9Br2N5O. The van der Waals surface area contributed by atoms with E-state index in [1.54, 1.807) is 18.2 Å². The van der Waals surface area contributed by atoms with Crippen molar-refractivity contribution in [2.45, 2.75) is 0 Å². The number of nitriles is 2. The van der Waals surface area contributed by atoms with Crippen molar-refractivity contribution in [3.05, 3.63) is 50.9 Å². The molecule has 3 N–H and O–H groups in total. The topological polar surface area (TPSA) is 109 Å². The number of rotatable bonds is 2. The van der Waals surface area contributed by atoms with E-state index < -0.39 is 0 Å². The van der Waals surface area contributed by atoms with Gasteiger partial charge in [-0.25, -0.2) is 9.89 Å². The maximum atomic E-state index is 10.2. The van der Waals surface area contributed by atoms with E-state index in [9.17, 15) is 10.4 Å². The van der Waals surface area contributed by atoms with Gasteiger partial charge in [0.2, 0.25) is 5.96 Å². The average molecular weight is 435 g/mol. The minimum Gasteiger partial charge on any atom is -0.505 e. The summed E-state index contributed by atoms with van der Waals surface area (Å²) in [4.78, 5) is 5.15. The van der Waals surface area contributed by atoms with E-state index in [1.165, 1.54) is 12.1 Å². The maximum Gasteiger partial charge on any atom is 0.214 e. The van der Waals surface area contributed by atoms with Crippen molar-refractivity contribution in [2.24, 2.45) is 10.7 Å². The molecule has 23 heavy (non-hydrogen) atoms. The molecule has 0 aliphatic carbocycles. The smallest absolute Gasteiger partial charge is 0.214 e. The Morgan fingerprint density at radius 2 is 1.87 bits per heavy atom. The highest BCUT2D eigenvalue weighted by molar-refractivity contribution is 9.11. The van der Waals surface area contributed by atoms with Crippen LogP contribution in [0.3, 0.4) is 0 Å². The molecular weight excluding hydrogens is 426 g/mol. The lowest BCUT2D eigenvalue weighted by atomic mass is 10.2. The molecule has 0 unspecified atom stereocenters. The summed E-state index contributed by atoms with van der Waals surface area (Å²) in [5.41, 5.74) is 6.79. The lowest BCUT2D eigenvalue weighted by Gasteiger charge is -2.17. The van der Waals surface area contributed by atoms with Crippen LogP contribution in [0.4, 0.5) is 11.4 Å². The molecule has 2 aromatic rings. The summed E-state index contributed by atoms with van der Waals surface area (Å²) < 4.78 is 0.900. The number of benzene rings is 2. The lowest BCUT2D eigenvalue weighted by Crippen LogP contribution is -2.33. The quantitative estimate of drug-likeness (QED) is 0.324. The predicted molar refractivity (Wildman–Crippen MR) is 94.0 cm³/mol. The third kappa shape index (κ3) is 3.45. The molecule has 0 spiro atoms. The number of nitrogens with two attached hydrogens (primary N) is 1. The number of para-hydroxylation sites is 1. The molecule has 6 nitrogen and oxygen atoms in total. The summed E-state index contributed by atoms with van der Waals surface area (Å²) in [6.45, 7) is 0. The van der Waals surface area contributed by atoms with Crippen LogP contribution in [0.1, 0.15) is 5.56 Å². The Balaban J connectivity index is 2.49. The third-order valence-corrected chi connectivity index (χ3v) is 4.35. The number of aliphatic imine (C=N–C) groups is 1. The fraction of sp³-hybridized carbons (Fsp3) is 0. The Labute approximate surface area is 149 Å². The van der Waals surface area contributed by atoms with Gasteiger partial charge in [0.1, 0.15) is 11.8 Å². The van der Waals surface area contributed by atoms with Crippen LogP contribution < -0.4 is 10.6 Å². The van der Waals surface area contributed by atoms with Gasteiger partial charge in [-0.05, 0) is 56.1 Å². The summed E-state index contributed by atoms with van der Waals surface area (Å²) in [6.07, 6.45) is 1.86. The molecule has 8 heteroatoms. The zero-order valence-corrected chi connectivity index (χ0v) is 14.7. The van der Waals surface area contributed by atoms with Crippen LogP contribution in [-0.4, -0.2) is 11.1 Å². The van der Waals surface area contributed by atoms with Crippen LogP contribution in [0.5, 0.6) is 5.75 Å². The molecule has 2 rings (SSSR count). The van der Waals surface area contributed by atoms with Gasteiger partial charge in [-0.1, -0.05) is 12.1 Å². The van der Waals surface area contributed by atoms with E-state index in [2.05, 4.69) is 36.9 Å². The summed E-state index contributed by atoms with van der Waals surface area (Å²) >= 11 is 6.46. The monoisotopic (exact) mass is 433 g/mol. The van der Waals surface area contributed by atoms with Crippen molar-refractivity contribution in [2.75, 3.05) is 4.90 Å². The fourth-order valence-electron chi connectivity index (χ4n) is 1.77. The molecule has 0 atom stereocenters. The van der Waals surface area contributed by atoms with Gasteiger partial charge in [-0.3, -0.25) is 0 Å². The van der Waals surface area contributed by atoms with Gasteiger partial charge in [-0.2, -0.15) is 10.5 Å². The summed E-state index contributed by atoms with van der Waals surface area (Å²) in [5, 5.41) is 28.5. The molecule has 0 radical (unpaired) electrons. The lowest BCUT2D eigenvalue weighted by molar-refractivity contribution is 0.473. The SMILES string of the molecule is N#Cc1ccc(N(C#N)C(N)=Nc2ccccc2Br)c(O)c1Br. The van der Waals surface area contributed by atoms with Crippen molar-refractivity contribution in [1.82, 2.24) is 0 Å². The highest BCUT2D eigenvalue weighted by Crippen LogP contribution is 2.37. The second-order valence-electron chi connectivity index (χ2n) is 4.26. The molecule has 0 amide bonds. The Morgan fingerprint density at radius 3 is 2.48 bits per heavy atom. The molecule has 0 saturated carbocycles. The van der Waals surface area contributed by atoms with Gasteiger partial charge in [0, 0.05) is 4.47 Å². The van der Waals surface area contributed by atoms with Crippen molar-refractivity contribution in [3.63, 3.8) is 0 Å². The van der Waals surface area contributed by atoms with Crippen molar-refractivity contribution < 1.29 is 5.11 Å². The number of halogens is 2. The van der Waals surface area contributed by atoms with E-state index in [1.807, 2.05) is 18.3 Å². The minimum atomic E-state index is -0.268. The van der Waals surface area contributed by atoms with Crippen LogP contribution in [-0.2, 0) is 0 Å². The zero-order valence-electron chi connectivity index (χ0n) is 11.5. The number of aromatic hydroxyl groups is 1. The second kappa shape index (κ2) is 7.14. The predicted octanol–water partition coefficient (Wildman–Crippen LogP) is 3.72. The number of anilines is 1. The highest BCUT2D eigenvalue weighted by atomic mass is 79.9. The van der Waals surface area contributed by atoms with Gasteiger partial charge in [0.25, 0.3) is 0 Å². The molecule has 0 bridgehead atoms. The zero-order chi connectivity index (χ0) is 17.0. The number of hydrogen-bond donors (Lipinski definition) is 2. The molecule has 0 aliphatic rings. The third-order valence-electron chi connectivity index (χ3n) is 2.87. The minimum absolute atomic E-state index is 0.117. The van der Waals surface area contributed by atoms with Gasteiger partial charge >= 0.3 is 0 Å². The first-order chi connectivity index (χ1) is 11.0. The first kappa shape index (κ1) is 16.8. The molecule has 0 aromatic heterocycles. The van der Waals surface area contributed by atoms with Gasteiger partial charge < -0.3 is 10.8 Å². The summed E-state index contributed by atoms with van der Waals surface area (Å²) in [5.74, 6) is -0.387. The molecule has 2 aromatic carbocycles. The van der Waals surface area contributed by atoms with Crippen molar-refractivity contribution >= 4 is 49.2 Å². The highest BCUT2D eigenvalue weighted by Gasteiger charge is 2.19. The number of hydrogen-bond acceptors (Lipinski definition) is 4. The van der Waals surface area contributed by atoms with E-state index in [0.717, 1.165) is 4.90 Å². The Bertz CT molecular complexity index is 867. The summed E-state index contributed by atoms with van der Waals surface area (Å²) in [6, 6.07) is 11.9. The molecule has 0 saturated heterocycles. The normalized spacial score (nSPS) is 10.7. The van der Waals surface area contributed by atoms with Crippen molar-refractivity contribution in [1.29, 1.82) is 10.5 Å². The van der Waals surface area contributed by atoms with Crippen LogP contribution >= 0.6 is 31.9 Å². The van der Waals surface area contributed by atoms with Crippen molar-refractivity contribution in [3.8, 4) is 18.0 Å². The van der Waals surface area contributed by atoms with Crippen LogP contribution in [0.25, 0.3) is 0 Å². The van der Waals surface area contributed by atoms with E-state index in [0.29, 0.717) is 10.2 Å². The number of nitrogens with zero attached hydrogens (tertiary/aromatic N) is 4. The van der Waals surface area contributed by atoms with Gasteiger partial charge in [-0.15, -0.1) is 0 Å². The fourth-order valence-corrected chi connectivity index (χ4v) is 2.56. The van der Waals surface area contributed by atoms with E-state index in [-0.39, 0.29) is 27.4 Å². The van der Waals surface area contributed by atoms with E-state index >= 15 is 0 Å². The molecule has 0 heterocycles. The second-order valence-corrected chi connectivity index (χ2v) is 5.91. The maximum absolute atomic E-state index is 10.2. The Kier molecular flexibility index (Phi) is 5.22. The number of guanidine groups is 1.